The summed E-state index contributed by atoms with van der Waals surface area (Å²) in [5.41, 5.74) is 1.33. The third-order valence-corrected chi connectivity index (χ3v) is 5.09. The van der Waals surface area contributed by atoms with Crippen LogP contribution in [-0.2, 0) is 16.0 Å². The summed E-state index contributed by atoms with van der Waals surface area (Å²) in [6.45, 7) is 4.68. The minimum Gasteiger partial charge on any atom is -0.466 e. The van der Waals surface area contributed by atoms with Crippen molar-refractivity contribution in [3.05, 3.63) is 35.9 Å². The topological polar surface area (TPSA) is 57.2 Å². The molecule has 2 unspecified atom stereocenters. The second-order valence-corrected chi connectivity index (χ2v) is 7.27. The van der Waals surface area contributed by atoms with Gasteiger partial charge in [-0.3, -0.25) is 9.79 Å². The van der Waals surface area contributed by atoms with Crippen molar-refractivity contribution in [2.45, 2.75) is 32.2 Å². The van der Waals surface area contributed by atoms with Crippen LogP contribution in [0.5, 0.6) is 0 Å². The lowest BCUT2D eigenvalue weighted by molar-refractivity contribution is -0.149. The van der Waals surface area contributed by atoms with Gasteiger partial charge in [-0.05, 0) is 45.8 Å². The molecule has 1 heterocycles. The number of piperidine rings is 1. The van der Waals surface area contributed by atoms with Crippen molar-refractivity contribution in [2.75, 3.05) is 47.4 Å². The second kappa shape index (κ2) is 13.0. The number of nitrogens with zero attached hydrogens (tertiary/aromatic N) is 3. The van der Waals surface area contributed by atoms with Gasteiger partial charge in [0.1, 0.15) is 0 Å². The van der Waals surface area contributed by atoms with Crippen molar-refractivity contribution in [3.8, 4) is 0 Å². The van der Waals surface area contributed by atoms with Gasteiger partial charge >= 0.3 is 5.97 Å². The minimum absolute atomic E-state index is 0. The Bertz CT molecular complexity index is 610. The number of rotatable bonds is 7. The molecule has 0 spiro atoms. The van der Waals surface area contributed by atoms with Crippen molar-refractivity contribution in [1.29, 1.82) is 0 Å². The number of benzene rings is 1. The lowest BCUT2D eigenvalue weighted by atomic mass is 9.98. The molecular weight excluding hydrogens is 467 g/mol. The Morgan fingerprint density at radius 2 is 2.07 bits per heavy atom. The Kier molecular flexibility index (Phi) is 11.4. The molecule has 1 aliphatic heterocycles. The van der Waals surface area contributed by atoms with E-state index in [0.29, 0.717) is 19.2 Å². The number of guanidine groups is 1. The third kappa shape index (κ3) is 7.58. The van der Waals surface area contributed by atoms with Crippen LogP contribution < -0.4 is 5.32 Å². The molecule has 1 fully saturated rings. The third-order valence-electron chi connectivity index (χ3n) is 5.09. The van der Waals surface area contributed by atoms with Gasteiger partial charge in [-0.2, -0.15) is 0 Å². The zero-order valence-corrected chi connectivity index (χ0v) is 19.9. The summed E-state index contributed by atoms with van der Waals surface area (Å²) in [5.74, 6) is 0.711. The number of halogens is 1. The van der Waals surface area contributed by atoms with Crippen LogP contribution in [0.25, 0.3) is 0 Å². The quantitative estimate of drug-likeness (QED) is 0.269. The first-order chi connectivity index (χ1) is 13.0. The van der Waals surface area contributed by atoms with Gasteiger partial charge in [-0.25, -0.2) is 0 Å². The van der Waals surface area contributed by atoms with Gasteiger partial charge in [0, 0.05) is 32.7 Å². The van der Waals surface area contributed by atoms with Crippen LogP contribution in [-0.4, -0.2) is 75.2 Å². The predicted octanol–water partition coefficient (Wildman–Crippen LogP) is 2.63. The Labute approximate surface area is 186 Å². The fourth-order valence-corrected chi connectivity index (χ4v) is 3.49. The van der Waals surface area contributed by atoms with Crippen molar-refractivity contribution in [3.63, 3.8) is 0 Å². The summed E-state index contributed by atoms with van der Waals surface area (Å²) < 4.78 is 5.21. The van der Waals surface area contributed by atoms with E-state index >= 15 is 0 Å². The van der Waals surface area contributed by atoms with Crippen LogP contribution in [0.15, 0.2) is 35.3 Å². The van der Waals surface area contributed by atoms with E-state index in [9.17, 15) is 4.79 Å². The standard InChI is InChI=1S/C21H34N4O2.HI/c1-5-27-20(26)18-12-9-13-25(16-18)21(22-2)23-15-19(24(3)4)14-17-10-7-6-8-11-17;/h6-8,10-11,18-19H,5,9,12-16H2,1-4H3,(H,22,23);1H. The van der Waals surface area contributed by atoms with E-state index in [1.807, 2.05) is 13.0 Å². The van der Waals surface area contributed by atoms with Gasteiger partial charge in [-0.1, -0.05) is 30.3 Å². The van der Waals surface area contributed by atoms with Gasteiger partial charge in [-0.15, -0.1) is 24.0 Å². The first-order valence-corrected chi connectivity index (χ1v) is 9.87. The number of likely N-dealkylation sites (N-methyl/N-ethyl adjacent to an activating group) is 1. The Balaban J connectivity index is 0.00000392. The highest BCUT2D eigenvalue weighted by Crippen LogP contribution is 2.18. The summed E-state index contributed by atoms with van der Waals surface area (Å²) in [4.78, 5) is 21.0. The summed E-state index contributed by atoms with van der Waals surface area (Å²) in [5, 5.41) is 3.51. The van der Waals surface area contributed by atoms with Crippen LogP contribution in [0.1, 0.15) is 25.3 Å². The van der Waals surface area contributed by atoms with Crippen LogP contribution in [0, 0.1) is 5.92 Å². The molecule has 7 heteroatoms. The molecule has 1 saturated heterocycles. The number of carbonyl (C=O) groups is 1. The fraction of sp³-hybridized carbons (Fsp3) is 0.619. The lowest BCUT2D eigenvalue weighted by Crippen LogP contribution is -2.51. The van der Waals surface area contributed by atoms with Gasteiger partial charge in [0.05, 0.1) is 12.5 Å². The van der Waals surface area contributed by atoms with Crippen molar-refractivity contribution < 1.29 is 9.53 Å². The van der Waals surface area contributed by atoms with Crippen LogP contribution in [0.4, 0.5) is 0 Å². The molecule has 1 N–H and O–H groups in total. The first-order valence-electron chi connectivity index (χ1n) is 9.87. The molecule has 28 heavy (non-hydrogen) atoms. The molecule has 0 aliphatic carbocycles. The number of aliphatic imine (C=N–C) groups is 1. The summed E-state index contributed by atoms with van der Waals surface area (Å²) in [7, 11) is 6.02. The van der Waals surface area contributed by atoms with Gasteiger partial charge in [0.25, 0.3) is 0 Å². The maximum atomic E-state index is 12.1. The molecule has 1 aromatic carbocycles. The number of carbonyl (C=O) groups excluding carboxylic acids is 1. The van der Waals surface area contributed by atoms with Crippen molar-refractivity contribution in [2.24, 2.45) is 10.9 Å². The molecule has 0 bridgehead atoms. The second-order valence-electron chi connectivity index (χ2n) is 7.27. The van der Waals surface area contributed by atoms with Crippen LogP contribution >= 0.6 is 24.0 Å². The fourth-order valence-electron chi connectivity index (χ4n) is 3.49. The number of ether oxygens (including phenoxy) is 1. The van der Waals surface area contributed by atoms with Crippen molar-refractivity contribution in [1.82, 2.24) is 15.1 Å². The highest BCUT2D eigenvalue weighted by atomic mass is 127. The normalized spacial score (nSPS) is 18.4. The van der Waals surface area contributed by atoms with Gasteiger partial charge in [0.15, 0.2) is 5.96 Å². The largest absolute Gasteiger partial charge is 0.466 e. The molecule has 0 saturated carbocycles. The van der Waals surface area contributed by atoms with Crippen molar-refractivity contribution >= 4 is 35.9 Å². The van der Waals surface area contributed by atoms with E-state index in [4.69, 9.17) is 4.74 Å². The highest BCUT2D eigenvalue weighted by Gasteiger charge is 2.28. The van der Waals surface area contributed by atoms with Gasteiger partial charge < -0.3 is 19.9 Å². The zero-order chi connectivity index (χ0) is 19.6. The molecule has 2 rings (SSSR count). The Morgan fingerprint density at radius 3 is 2.68 bits per heavy atom. The average molecular weight is 502 g/mol. The van der Waals surface area contributed by atoms with E-state index in [2.05, 4.69) is 58.5 Å². The Morgan fingerprint density at radius 1 is 1.36 bits per heavy atom. The molecule has 0 radical (unpaired) electrons. The van der Waals surface area contributed by atoms with E-state index in [1.54, 1.807) is 7.05 Å². The molecular formula is C21H35IN4O2. The first kappa shape index (κ1) is 24.7. The van der Waals surface area contributed by atoms with E-state index in [0.717, 1.165) is 38.3 Å². The Hall–Kier alpha value is -1.35. The number of esters is 1. The molecule has 1 aromatic rings. The summed E-state index contributed by atoms with van der Waals surface area (Å²) in [6.07, 6.45) is 2.84. The molecule has 0 aromatic heterocycles. The average Bonchev–Trinajstić information content (AvgIpc) is 2.68. The van der Waals surface area contributed by atoms with E-state index in [-0.39, 0.29) is 35.9 Å². The smallest absolute Gasteiger partial charge is 0.310 e. The predicted molar refractivity (Wildman–Crippen MR) is 125 cm³/mol. The highest BCUT2D eigenvalue weighted by molar-refractivity contribution is 14.0. The molecule has 158 valence electrons. The van der Waals surface area contributed by atoms with E-state index < -0.39 is 0 Å². The molecule has 2 atom stereocenters. The van der Waals surface area contributed by atoms with Gasteiger partial charge in [0.2, 0.25) is 0 Å². The summed E-state index contributed by atoms with van der Waals surface area (Å²) in [6, 6.07) is 10.9. The zero-order valence-electron chi connectivity index (χ0n) is 17.6. The van der Waals surface area contributed by atoms with Crippen LogP contribution in [0.3, 0.4) is 0 Å². The number of hydrogen-bond donors (Lipinski definition) is 1. The summed E-state index contributed by atoms with van der Waals surface area (Å²) >= 11 is 0. The number of nitrogens with one attached hydrogen (secondary N) is 1. The monoisotopic (exact) mass is 502 g/mol. The maximum Gasteiger partial charge on any atom is 0.310 e. The van der Waals surface area contributed by atoms with E-state index in [1.165, 1.54) is 5.56 Å². The molecule has 0 amide bonds. The molecule has 1 aliphatic rings. The lowest BCUT2D eigenvalue weighted by Gasteiger charge is -2.35. The minimum atomic E-state index is -0.0899. The number of hydrogen-bond acceptors (Lipinski definition) is 4. The number of likely N-dealkylation sites (tertiary alicyclic amines) is 1. The van der Waals surface area contributed by atoms with Crippen LogP contribution in [0.2, 0.25) is 0 Å². The SMILES string of the molecule is CCOC(=O)C1CCCN(C(=NC)NCC(Cc2ccccc2)N(C)C)C1.I. The molecule has 6 nitrogen and oxygen atoms in total. The maximum absolute atomic E-state index is 12.1.